The van der Waals surface area contributed by atoms with E-state index >= 15 is 0 Å². The summed E-state index contributed by atoms with van der Waals surface area (Å²) in [6.45, 7) is 4.61. The number of carbonyl (C=O) groups is 2. The largest absolute Gasteiger partial charge is 0.494 e. The zero-order valence-corrected chi connectivity index (χ0v) is 28.8. The van der Waals surface area contributed by atoms with E-state index < -0.39 is 29.2 Å². The molecule has 0 unspecified atom stereocenters. The van der Waals surface area contributed by atoms with Gasteiger partial charge in [-0.15, -0.1) is 0 Å². The summed E-state index contributed by atoms with van der Waals surface area (Å²) in [6.07, 6.45) is -2.08. The molecule has 0 saturated carbocycles. The number of carbonyl (C=O) groups excluding carboxylic acids is 2. The SMILES string of the molecule is Cc1cc(C#Cc2ccc(OCCCCO)cc2)cc(C)c1NC(=O)C(=O)Nc1ccc(C#Cc2ccc(OCCCCO)cc2)cc1C(F)(F)F. The second kappa shape index (κ2) is 19.0. The number of aryl methyl sites for hydroxylation is 2. The second-order valence-corrected chi connectivity index (χ2v) is 11.8. The molecule has 270 valence electrons. The van der Waals surface area contributed by atoms with Crippen molar-refractivity contribution in [2.75, 3.05) is 37.1 Å². The minimum absolute atomic E-state index is 0.0601. The molecule has 0 spiro atoms. The van der Waals surface area contributed by atoms with E-state index in [0.717, 1.165) is 24.1 Å². The van der Waals surface area contributed by atoms with Crippen LogP contribution in [0.25, 0.3) is 0 Å². The smallest absolute Gasteiger partial charge is 0.418 e. The number of aliphatic hydroxyl groups is 2. The number of aliphatic hydroxyl groups excluding tert-OH is 2. The van der Waals surface area contributed by atoms with E-state index in [1.54, 1.807) is 50.2 Å². The maximum absolute atomic E-state index is 14.0. The Bertz CT molecular complexity index is 1950. The Morgan fingerprint density at radius 3 is 1.54 bits per heavy atom. The lowest BCUT2D eigenvalue weighted by molar-refractivity contribution is -0.137. The molecule has 0 bridgehead atoms. The van der Waals surface area contributed by atoms with Crippen molar-refractivity contribution >= 4 is 23.2 Å². The third kappa shape index (κ3) is 11.9. The predicted molar refractivity (Wildman–Crippen MR) is 193 cm³/mol. The lowest BCUT2D eigenvalue weighted by atomic mass is 10.0. The first-order valence-electron chi connectivity index (χ1n) is 16.6. The predicted octanol–water partition coefficient (Wildman–Crippen LogP) is 7.00. The van der Waals surface area contributed by atoms with Crippen LogP contribution in [0.5, 0.6) is 11.5 Å². The molecule has 0 aliphatic carbocycles. The number of anilines is 2. The molecule has 8 nitrogen and oxygen atoms in total. The Morgan fingerprint density at radius 2 is 1.06 bits per heavy atom. The van der Waals surface area contributed by atoms with E-state index in [9.17, 15) is 22.8 Å². The number of benzene rings is 4. The van der Waals surface area contributed by atoms with E-state index in [2.05, 4.69) is 34.3 Å². The monoisotopic (exact) mass is 712 g/mol. The number of halogens is 3. The van der Waals surface area contributed by atoms with Crippen molar-refractivity contribution in [2.24, 2.45) is 0 Å². The Kier molecular flexibility index (Phi) is 14.3. The van der Waals surface area contributed by atoms with Gasteiger partial charge in [0.2, 0.25) is 0 Å². The minimum atomic E-state index is -4.84. The maximum atomic E-state index is 14.0. The average Bonchev–Trinajstić information content (AvgIpc) is 3.12. The van der Waals surface area contributed by atoms with Crippen molar-refractivity contribution in [3.05, 3.63) is 118 Å². The van der Waals surface area contributed by atoms with E-state index in [-0.39, 0.29) is 18.8 Å². The average molecular weight is 713 g/mol. The quantitative estimate of drug-likeness (QED) is 0.0715. The molecule has 52 heavy (non-hydrogen) atoms. The van der Waals surface area contributed by atoms with Crippen molar-refractivity contribution in [1.29, 1.82) is 0 Å². The highest BCUT2D eigenvalue weighted by molar-refractivity contribution is 6.43. The first-order chi connectivity index (χ1) is 25.0. The lowest BCUT2D eigenvalue weighted by Gasteiger charge is -2.15. The van der Waals surface area contributed by atoms with Crippen LogP contribution in [0.4, 0.5) is 24.5 Å². The number of unbranched alkanes of at least 4 members (excludes halogenated alkanes) is 2. The van der Waals surface area contributed by atoms with Crippen molar-refractivity contribution < 1.29 is 42.4 Å². The van der Waals surface area contributed by atoms with Gasteiger partial charge in [-0.05, 0) is 130 Å². The Labute approximate surface area is 301 Å². The first-order valence-corrected chi connectivity index (χ1v) is 16.6. The minimum Gasteiger partial charge on any atom is -0.494 e. The number of rotatable bonds is 12. The number of amides is 2. The van der Waals surface area contributed by atoms with Crippen molar-refractivity contribution in [2.45, 2.75) is 45.7 Å². The van der Waals surface area contributed by atoms with Crippen LogP contribution < -0.4 is 20.1 Å². The van der Waals surface area contributed by atoms with E-state index in [4.69, 9.17) is 19.7 Å². The molecule has 4 rings (SSSR count). The van der Waals surface area contributed by atoms with Crippen LogP contribution in [0.15, 0.2) is 78.9 Å². The molecular formula is C41H39F3N2O6. The standard InChI is InChI=1S/C41H39F3N2O6/c1-28-25-33(10-8-31-13-18-35(19-14-31)52-24-6-4-22-48)26-29(2)38(28)46-40(50)39(49)45-37-20-15-32(27-36(37)41(42,43)44)9-7-30-11-16-34(17-12-30)51-23-5-3-21-47/h11-20,25-27,47-48H,3-6,21-24H2,1-2H3,(H,45,49)(H,46,50). The Hall–Kier alpha value is -5.75. The Balaban J connectivity index is 1.39. The summed E-state index contributed by atoms with van der Waals surface area (Å²) < 4.78 is 53.3. The fourth-order valence-electron chi connectivity index (χ4n) is 4.91. The molecule has 0 radical (unpaired) electrons. The van der Waals surface area contributed by atoms with E-state index in [1.165, 1.54) is 6.07 Å². The van der Waals surface area contributed by atoms with Gasteiger partial charge in [-0.2, -0.15) is 13.2 Å². The molecule has 4 N–H and O–H groups in total. The molecule has 0 heterocycles. The molecule has 4 aromatic rings. The van der Waals surface area contributed by atoms with Gasteiger partial charge in [0.15, 0.2) is 0 Å². The van der Waals surface area contributed by atoms with E-state index in [0.29, 0.717) is 71.9 Å². The number of hydrogen-bond donors (Lipinski definition) is 4. The third-order valence-electron chi connectivity index (χ3n) is 7.60. The molecule has 0 atom stereocenters. The maximum Gasteiger partial charge on any atom is 0.418 e. The third-order valence-corrected chi connectivity index (χ3v) is 7.60. The zero-order valence-electron chi connectivity index (χ0n) is 28.8. The van der Waals surface area contributed by atoms with Gasteiger partial charge >= 0.3 is 18.0 Å². The molecule has 0 saturated heterocycles. The van der Waals surface area contributed by atoms with Gasteiger partial charge in [0.25, 0.3) is 0 Å². The lowest BCUT2D eigenvalue weighted by Crippen LogP contribution is -2.30. The molecule has 0 aromatic heterocycles. The van der Waals surface area contributed by atoms with Gasteiger partial charge in [0, 0.05) is 41.2 Å². The molecule has 0 aliphatic heterocycles. The van der Waals surface area contributed by atoms with Gasteiger partial charge in [0.05, 0.1) is 24.5 Å². The molecule has 2 amide bonds. The highest BCUT2D eigenvalue weighted by atomic mass is 19.4. The zero-order chi connectivity index (χ0) is 37.5. The first kappa shape index (κ1) is 39.0. The topological polar surface area (TPSA) is 117 Å². The van der Waals surface area contributed by atoms with Gasteiger partial charge in [-0.1, -0.05) is 23.7 Å². The Morgan fingerprint density at radius 1 is 0.615 bits per heavy atom. The highest BCUT2D eigenvalue weighted by Crippen LogP contribution is 2.35. The summed E-state index contributed by atoms with van der Waals surface area (Å²) in [5, 5.41) is 22.3. The second-order valence-electron chi connectivity index (χ2n) is 11.8. The number of nitrogens with one attached hydrogen (secondary N) is 2. The van der Waals surface area contributed by atoms with Crippen molar-refractivity contribution in [3.63, 3.8) is 0 Å². The van der Waals surface area contributed by atoms with Crippen LogP contribution in [0.2, 0.25) is 0 Å². The van der Waals surface area contributed by atoms with Crippen LogP contribution in [0.1, 0.15) is 64.6 Å². The molecule has 0 fully saturated rings. The normalized spacial score (nSPS) is 10.7. The van der Waals surface area contributed by atoms with Crippen molar-refractivity contribution in [3.8, 4) is 35.2 Å². The fourth-order valence-corrected chi connectivity index (χ4v) is 4.91. The number of alkyl halides is 3. The number of ether oxygens (including phenoxy) is 2. The van der Waals surface area contributed by atoms with Crippen LogP contribution in [-0.4, -0.2) is 48.5 Å². The number of hydrogen-bond acceptors (Lipinski definition) is 6. The summed E-state index contributed by atoms with van der Waals surface area (Å²) >= 11 is 0. The summed E-state index contributed by atoms with van der Waals surface area (Å²) in [7, 11) is 0. The van der Waals surface area contributed by atoms with Gasteiger partial charge in [-0.25, -0.2) is 0 Å². The summed E-state index contributed by atoms with van der Waals surface area (Å²) in [6, 6.07) is 20.7. The summed E-state index contributed by atoms with van der Waals surface area (Å²) in [4.78, 5) is 25.6. The van der Waals surface area contributed by atoms with Gasteiger partial charge < -0.3 is 30.3 Å². The molecule has 4 aromatic carbocycles. The summed E-state index contributed by atoms with van der Waals surface area (Å²) in [5.41, 5.74) is 1.86. The summed E-state index contributed by atoms with van der Waals surface area (Å²) in [5.74, 6) is 10.6. The van der Waals surface area contributed by atoms with Gasteiger partial charge in [-0.3, -0.25) is 9.59 Å². The molecule has 11 heteroatoms. The van der Waals surface area contributed by atoms with Crippen LogP contribution in [-0.2, 0) is 15.8 Å². The van der Waals surface area contributed by atoms with Crippen LogP contribution >= 0.6 is 0 Å². The van der Waals surface area contributed by atoms with Crippen LogP contribution in [0.3, 0.4) is 0 Å². The fraction of sp³-hybridized carbons (Fsp3) is 0.268. The van der Waals surface area contributed by atoms with Crippen molar-refractivity contribution in [1.82, 2.24) is 0 Å². The molecular weight excluding hydrogens is 673 g/mol. The van der Waals surface area contributed by atoms with Gasteiger partial charge in [0.1, 0.15) is 11.5 Å². The van der Waals surface area contributed by atoms with Crippen LogP contribution in [0, 0.1) is 37.5 Å². The molecule has 0 aliphatic rings. The highest BCUT2D eigenvalue weighted by Gasteiger charge is 2.34. The van der Waals surface area contributed by atoms with E-state index in [1.807, 2.05) is 24.3 Å².